The molecule has 1 fully saturated rings. The predicted molar refractivity (Wildman–Crippen MR) is 155 cm³/mol. The summed E-state index contributed by atoms with van der Waals surface area (Å²) in [5.74, 6) is 0. The van der Waals surface area contributed by atoms with E-state index in [2.05, 4.69) is 5.32 Å². The molecule has 1 aliphatic heterocycles. The quantitative estimate of drug-likeness (QED) is 0.190. The lowest BCUT2D eigenvalue weighted by Gasteiger charge is -2.35. The Kier molecular flexibility index (Phi) is 9.40. The van der Waals surface area contributed by atoms with Crippen molar-refractivity contribution in [1.82, 2.24) is 14.5 Å². The number of benzene rings is 3. The number of halogens is 3. The Morgan fingerprint density at radius 3 is 2.37 bits per heavy atom. The van der Waals surface area contributed by atoms with Crippen molar-refractivity contribution in [3.8, 4) is 0 Å². The first kappa shape index (κ1) is 28.9. The van der Waals surface area contributed by atoms with E-state index in [4.69, 9.17) is 47.0 Å². The molecule has 0 aromatic heterocycles. The number of thiocarbonyl (C=S) groups is 1. The van der Waals surface area contributed by atoms with Gasteiger partial charge in [-0.15, -0.1) is 0 Å². The van der Waals surface area contributed by atoms with Crippen LogP contribution in [0, 0.1) is 10.1 Å². The van der Waals surface area contributed by atoms with Crippen molar-refractivity contribution < 1.29 is 13.3 Å². The molecule has 1 N–H and O–H groups in total. The Labute approximate surface area is 245 Å². The van der Waals surface area contributed by atoms with Crippen LogP contribution in [-0.4, -0.2) is 53.8 Å². The molecule has 0 atom stereocenters. The van der Waals surface area contributed by atoms with Crippen LogP contribution in [0.2, 0.25) is 15.1 Å². The molecule has 1 aliphatic rings. The molecule has 0 amide bonds. The third kappa shape index (κ3) is 6.90. The molecule has 3 aromatic rings. The molecule has 14 heteroatoms. The summed E-state index contributed by atoms with van der Waals surface area (Å²) in [6.07, 6.45) is 0. The van der Waals surface area contributed by atoms with Crippen LogP contribution in [-0.2, 0) is 16.6 Å². The summed E-state index contributed by atoms with van der Waals surface area (Å²) >= 11 is 25.0. The van der Waals surface area contributed by atoms with Gasteiger partial charge in [-0.3, -0.25) is 10.1 Å². The Bertz CT molecular complexity index is 1480. The summed E-state index contributed by atoms with van der Waals surface area (Å²) in [5.41, 5.74) is 0.645. The molecule has 8 nitrogen and oxygen atoms in total. The molecular weight excluding hydrogens is 611 g/mol. The number of non-ortho nitro benzene ring substituents is 1. The molecule has 1 heterocycles. The maximum absolute atomic E-state index is 13.7. The molecule has 0 bridgehead atoms. The van der Waals surface area contributed by atoms with Gasteiger partial charge in [0.05, 0.1) is 9.95 Å². The number of nitro groups is 1. The van der Waals surface area contributed by atoms with E-state index >= 15 is 0 Å². The van der Waals surface area contributed by atoms with Gasteiger partial charge in [0, 0.05) is 64.7 Å². The molecule has 0 aliphatic carbocycles. The van der Waals surface area contributed by atoms with Crippen LogP contribution in [0.5, 0.6) is 0 Å². The second-order valence-corrected chi connectivity index (χ2v) is 12.9. The first-order chi connectivity index (χ1) is 18.0. The van der Waals surface area contributed by atoms with Gasteiger partial charge in [0.1, 0.15) is 4.90 Å². The predicted octanol–water partition coefficient (Wildman–Crippen LogP) is 6.09. The van der Waals surface area contributed by atoms with Crippen LogP contribution in [0.1, 0.15) is 5.56 Å². The monoisotopic (exact) mass is 630 g/mol. The minimum Gasteiger partial charge on any atom is -0.358 e. The zero-order valence-electron chi connectivity index (χ0n) is 19.6. The highest BCUT2D eigenvalue weighted by Crippen LogP contribution is 2.40. The van der Waals surface area contributed by atoms with E-state index < -0.39 is 14.9 Å². The number of rotatable bonds is 7. The first-order valence-electron chi connectivity index (χ1n) is 11.2. The van der Waals surface area contributed by atoms with Crippen LogP contribution in [0.4, 0.5) is 5.69 Å². The van der Waals surface area contributed by atoms with E-state index in [0.29, 0.717) is 49.6 Å². The van der Waals surface area contributed by atoms with E-state index in [0.717, 1.165) is 23.4 Å². The smallest absolute Gasteiger partial charge is 0.270 e. The van der Waals surface area contributed by atoms with Gasteiger partial charge >= 0.3 is 0 Å². The number of hydrogen-bond acceptors (Lipinski definition) is 6. The van der Waals surface area contributed by atoms with Gasteiger partial charge in [0.2, 0.25) is 10.0 Å². The van der Waals surface area contributed by atoms with E-state index in [9.17, 15) is 18.5 Å². The summed E-state index contributed by atoms with van der Waals surface area (Å²) in [6, 6.07) is 16.0. The second-order valence-electron chi connectivity index (χ2n) is 8.24. The Hall–Kier alpha value is -2.12. The number of piperazine rings is 1. The van der Waals surface area contributed by atoms with Gasteiger partial charge in [-0.1, -0.05) is 58.7 Å². The average molecular weight is 632 g/mol. The lowest BCUT2D eigenvalue weighted by molar-refractivity contribution is -0.385. The maximum atomic E-state index is 13.7. The second kappa shape index (κ2) is 12.4. The van der Waals surface area contributed by atoms with Crippen molar-refractivity contribution in [2.45, 2.75) is 21.2 Å². The van der Waals surface area contributed by atoms with Crippen LogP contribution in [0.15, 0.2) is 75.4 Å². The first-order valence-corrected chi connectivity index (χ1v) is 15.0. The van der Waals surface area contributed by atoms with Crippen molar-refractivity contribution in [3.63, 3.8) is 0 Å². The Balaban J connectivity index is 1.50. The molecule has 3 aromatic carbocycles. The van der Waals surface area contributed by atoms with Crippen LogP contribution >= 0.6 is 58.8 Å². The van der Waals surface area contributed by atoms with Gasteiger partial charge in [0.15, 0.2) is 5.11 Å². The maximum Gasteiger partial charge on any atom is 0.270 e. The van der Waals surface area contributed by atoms with Crippen LogP contribution < -0.4 is 5.32 Å². The van der Waals surface area contributed by atoms with Gasteiger partial charge in [-0.2, -0.15) is 4.31 Å². The molecule has 200 valence electrons. The highest BCUT2D eigenvalue weighted by molar-refractivity contribution is 8.00. The van der Waals surface area contributed by atoms with Crippen LogP contribution in [0.3, 0.4) is 0 Å². The third-order valence-corrected chi connectivity index (χ3v) is 10.2. The summed E-state index contributed by atoms with van der Waals surface area (Å²) in [4.78, 5) is 13.4. The van der Waals surface area contributed by atoms with E-state index in [1.165, 1.54) is 16.4 Å². The fourth-order valence-electron chi connectivity index (χ4n) is 3.78. The fraction of sp³-hybridized carbons (Fsp3) is 0.208. The molecule has 1 saturated heterocycles. The number of nitrogens with one attached hydrogen (secondary N) is 1. The highest BCUT2D eigenvalue weighted by Gasteiger charge is 2.32. The van der Waals surface area contributed by atoms with Crippen molar-refractivity contribution in [2.24, 2.45) is 0 Å². The number of sulfonamides is 1. The topological polar surface area (TPSA) is 95.8 Å². The third-order valence-electron chi connectivity index (χ3n) is 5.73. The van der Waals surface area contributed by atoms with E-state index in [1.54, 1.807) is 24.3 Å². The van der Waals surface area contributed by atoms with Gasteiger partial charge < -0.3 is 10.2 Å². The molecule has 0 saturated carbocycles. The van der Waals surface area contributed by atoms with Gasteiger partial charge in [0.25, 0.3) is 5.69 Å². The molecule has 4 rings (SSSR count). The number of hydrogen-bond donors (Lipinski definition) is 1. The number of nitro benzene ring substituents is 1. The van der Waals surface area contributed by atoms with Crippen molar-refractivity contribution in [1.29, 1.82) is 0 Å². The van der Waals surface area contributed by atoms with Crippen molar-refractivity contribution >= 4 is 79.6 Å². The van der Waals surface area contributed by atoms with Crippen LogP contribution in [0.25, 0.3) is 0 Å². The molecule has 0 radical (unpaired) electrons. The van der Waals surface area contributed by atoms with E-state index in [1.807, 2.05) is 23.1 Å². The fourth-order valence-corrected chi connectivity index (χ4v) is 7.55. The minimum absolute atomic E-state index is 0.159. The summed E-state index contributed by atoms with van der Waals surface area (Å²) in [5, 5.41) is 16.6. The minimum atomic E-state index is -4.07. The standard InChI is InChI=1S/C24H21Cl3N4O4S3/c25-17-3-1-2-16(12-17)15-28-24(36)29-8-10-30(11-9-29)38(34,35)23-14-19(31(32)33)5-7-21(23)37-22-13-18(26)4-6-20(22)27/h1-7,12-14H,8-11,15H2,(H,28,36). The molecule has 0 unspecified atom stereocenters. The Morgan fingerprint density at radius 1 is 0.974 bits per heavy atom. The normalized spacial score (nSPS) is 14.3. The van der Waals surface area contributed by atoms with E-state index in [-0.39, 0.29) is 23.7 Å². The number of nitrogens with zero attached hydrogens (tertiary/aromatic N) is 3. The largest absolute Gasteiger partial charge is 0.358 e. The summed E-state index contributed by atoms with van der Waals surface area (Å²) in [6.45, 7) is 1.52. The molecular formula is C24H21Cl3N4O4S3. The van der Waals surface area contributed by atoms with Gasteiger partial charge in [-0.25, -0.2) is 8.42 Å². The summed E-state index contributed by atoms with van der Waals surface area (Å²) in [7, 11) is -4.07. The lowest BCUT2D eigenvalue weighted by atomic mass is 10.2. The van der Waals surface area contributed by atoms with Gasteiger partial charge in [-0.05, 0) is 54.2 Å². The van der Waals surface area contributed by atoms with Crippen molar-refractivity contribution in [3.05, 3.63) is 91.4 Å². The summed E-state index contributed by atoms with van der Waals surface area (Å²) < 4.78 is 28.7. The molecule has 38 heavy (non-hydrogen) atoms. The zero-order chi connectivity index (χ0) is 27.4. The van der Waals surface area contributed by atoms with Crippen molar-refractivity contribution in [2.75, 3.05) is 26.2 Å². The molecule has 0 spiro atoms. The highest BCUT2D eigenvalue weighted by atomic mass is 35.5. The SMILES string of the molecule is O=[N+]([O-])c1ccc(Sc2cc(Cl)ccc2Cl)c(S(=O)(=O)N2CCN(C(=S)NCc3cccc(Cl)c3)CC2)c1. The zero-order valence-corrected chi connectivity index (χ0v) is 24.4. The lowest BCUT2D eigenvalue weighted by Crippen LogP contribution is -2.52. The Morgan fingerprint density at radius 2 is 1.68 bits per heavy atom. The average Bonchev–Trinajstić information content (AvgIpc) is 2.89.